The normalized spacial score (nSPS) is 21.3. The topological polar surface area (TPSA) is 78.7 Å². The fourth-order valence-electron chi connectivity index (χ4n) is 3.85. The lowest BCUT2D eigenvalue weighted by molar-refractivity contribution is -0.117. The minimum Gasteiger partial charge on any atom is -0.369 e. The first-order valence-electron chi connectivity index (χ1n) is 9.26. The van der Waals surface area contributed by atoms with Crippen LogP contribution in [0.3, 0.4) is 0 Å². The van der Waals surface area contributed by atoms with Crippen molar-refractivity contribution in [1.82, 2.24) is 9.80 Å². The molecule has 2 heterocycles. The molecule has 0 spiro atoms. The number of nitrogens with one attached hydrogen (secondary N) is 1. The Morgan fingerprint density at radius 3 is 2.64 bits per heavy atom. The van der Waals surface area contributed by atoms with Crippen LogP contribution in [0, 0.1) is 5.92 Å². The van der Waals surface area contributed by atoms with Crippen molar-refractivity contribution in [1.29, 1.82) is 0 Å². The Morgan fingerprint density at radius 1 is 1.12 bits per heavy atom. The van der Waals surface area contributed by atoms with Crippen LogP contribution in [-0.2, 0) is 11.2 Å². The molecular formula is C19H28N4O2. The Bertz CT molecular complexity index is 613. The van der Waals surface area contributed by atoms with E-state index >= 15 is 0 Å². The molecule has 0 radical (unpaired) electrons. The third kappa shape index (κ3) is 4.95. The smallest absolute Gasteiger partial charge is 0.321 e. The second-order valence-corrected chi connectivity index (χ2v) is 7.19. The Balaban J connectivity index is 1.53. The Kier molecular flexibility index (Phi) is 5.91. The van der Waals surface area contributed by atoms with Crippen LogP contribution in [0.5, 0.6) is 0 Å². The van der Waals surface area contributed by atoms with Gasteiger partial charge in [0.2, 0.25) is 5.91 Å². The van der Waals surface area contributed by atoms with Crippen LogP contribution in [-0.4, -0.2) is 54.5 Å². The molecular weight excluding hydrogens is 316 g/mol. The minimum absolute atomic E-state index is 0.0851. The van der Waals surface area contributed by atoms with Gasteiger partial charge in [-0.15, -0.1) is 0 Å². The summed E-state index contributed by atoms with van der Waals surface area (Å²) in [5, 5.41) is 2.95. The molecule has 1 atom stereocenters. The van der Waals surface area contributed by atoms with E-state index in [1.54, 1.807) is 0 Å². The average Bonchev–Trinajstić information content (AvgIpc) is 3.06. The number of nitrogens with two attached hydrogens (primary N) is 1. The van der Waals surface area contributed by atoms with Crippen molar-refractivity contribution < 1.29 is 9.59 Å². The van der Waals surface area contributed by atoms with Crippen molar-refractivity contribution in [2.24, 2.45) is 11.7 Å². The van der Waals surface area contributed by atoms with Gasteiger partial charge in [-0.25, -0.2) is 4.79 Å². The average molecular weight is 344 g/mol. The van der Waals surface area contributed by atoms with Gasteiger partial charge in [-0.05, 0) is 49.9 Å². The predicted octanol–water partition coefficient (Wildman–Crippen LogP) is 2.05. The van der Waals surface area contributed by atoms with Crippen LogP contribution in [0.1, 0.15) is 31.2 Å². The summed E-state index contributed by atoms with van der Waals surface area (Å²) >= 11 is 0. The fraction of sp³-hybridized carbons (Fsp3) is 0.579. The number of likely N-dealkylation sites (tertiary alicyclic amines) is 2. The summed E-state index contributed by atoms with van der Waals surface area (Å²) in [5.41, 5.74) is 6.72. The second-order valence-electron chi connectivity index (χ2n) is 7.19. The van der Waals surface area contributed by atoms with Gasteiger partial charge in [-0.1, -0.05) is 24.6 Å². The van der Waals surface area contributed by atoms with E-state index in [0.717, 1.165) is 31.6 Å². The number of urea groups is 1. The van der Waals surface area contributed by atoms with E-state index in [1.165, 1.54) is 32.4 Å². The van der Waals surface area contributed by atoms with Gasteiger partial charge < -0.3 is 20.9 Å². The molecule has 1 aromatic carbocycles. The zero-order valence-corrected chi connectivity index (χ0v) is 14.7. The molecule has 3 amide bonds. The first-order chi connectivity index (χ1) is 12.1. The number of anilines is 1. The Morgan fingerprint density at radius 2 is 1.88 bits per heavy atom. The number of piperidine rings is 1. The third-order valence-electron chi connectivity index (χ3n) is 5.16. The number of rotatable bonds is 5. The third-order valence-corrected chi connectivity index (χ3v) is 5.16. The number of hydrogen-bond acceptors (Lipinski definition) is 3. The second kappa shape index (κ2) is 8.34. The largest absolute Gasteiger partial charge is 0.369 e. The molecule has 2 aliphatic rings. The molecule has 2 saturated heterocycles. The summed E-state index contributed by atoms with van der Waals surface area (Å²) in [4.78, 5) is 28.2. The van der Waals surface area contributed by atoms with Crippen molar-refractivity contribution in [2.45, 2.75) is 32.1 Å². The lowest BCUT2D eigenvalue weighted by atomic mass is 10.1. The maximum absolute atomic E-state index is 12.6. The zero-order chi connectivity index (χ0) is 17.6. The number of nitrogens with zero attached hydrogens (tertiary/aromatic N) is 2. The molecule has 1 aromatic rings. The number of hydrogen-bond donors (Lipinski definition) is 2. The molecule has 3 rings (SSSR count). The lowest BCUT2D eigenvalue weighted by Crippen LogP contribution is -2.37. The molecule has 3 N–H and O–H groups in total. The van der Waals surface area contributed by atoms with E-state index in [-0.39, 0.29) is 12.5 Å². The number of carbonyl (C=O) groups excluding carboxylic acids is 2. The highest BCUT2D eigenvalue weighted by Crippen LogP contribution is 2.22. The molecule has 2 aliphatic heterocycles. The predicted molar refractivity (Wildman–Crippen MR) is 98.3 cm³/mol. The van der Waals surface area contributed by atoms with Crippen LogP contribution in [0.2, 0.25) is 0 Å². The fourth-order valence-corrected chi connectivity index (χ4v) is 3.85. The van der Waals surface area contributed by atoms with Crippen LogP contribution < -0.4 is 11.1 Å². The summed E-state index contributed by atoms with van der Waals surface area (Å²) < 4.78 is 0. The summed E-state index contributed by atoms with van der Waals surface area (Å²) in [5.74, 6) is 0.161. The first kappa shape index (κ1) is 17.7. The van der Waals surface area contributed by atoms with E-state index in [9.17, 15) is 9.59 Å². The summed E-state index contributed by atoms with van der Waals surface area (Å²) in [6, 6.07) is 7.25. The first-order valence-corrected chi connectivity index (χ1v) is 9.26. The SMILES string of the molecule is NC(=O)Cc1ccccc1NC(=O)N1CC[C@@H](CN2CCCCC2)C1. The molecule has 6 nitrogen and oxygen atoms in total. The van der Waals surface area contributed by atoms with Crippen LogP contribution >= 0.6 is 0 Å². The van der Waals surface area contributed by atoms with Gasteiger partial charge >= 0.3 is 6.03 Å². The molecule has 6 heteroatoms. The number of primary amides is 1. The van der Waals surface area contributed by atoms with E-state index < -0.39 is 5.91 Å². The van der Waals surface area contributed by atoms with E-state index in [2.05, 4.69) is 10.2 Å². The summed E-state index contributed by atoms with van der Waals surface area (Å²) in [7, 11) is 0. The van der Waals surface area contributed by atoms with Gasteiger partial charge in [-0.2, -0.15) is 0 Å². The van der Waals surface area contributed by atoms with Crippen molar-refractivity contribution in [2.75, 3.05) is 38.0 Å². The van der Waals surface area contributed by atoms with Gasteiger partial charge in [-0.3, -0.25) is 4.79 Å². The summed E-state index contributed by atoms with van der Waals surface area (Å²) in [6.07, 6.45) is 5.14. The number of benzene rings is 1. The van der Waals surface area contributed by atoms with Crippen molar-refractivity contribution in [3.8, 4) is 0 Å². The molecule has 2 fully saturated rings. The Labute approximate surface area is 149 Å². The van der Waals surface area contributed by atoms with Gasteiger partial charge in [0.15, 0.2) is 0 Å². The number of amides is 3. The van der Waals surface area contributed by atoms with E-state index in [1.807, 2.05) is 29.2 Å². The Hall–Kier alpha value is -2.08. The maximum atomic E-state index is 12.6. The highest BCUT2D eigenvalue weighted by Gasteiger charge is 2.28. The molecule has 0 aromatic heterocycles. The van der Waals surface area contributed by atoms with Crippen molar-refractivity contribution >= 4 is 17.6 Å². The minimum atomic E-state index is -0.399. The molecule has 0 saturated carbocycles. The molecule has 136 valence electrons. The van der Waals surface area contributed by atoms with Gasteiger partial charge in [0.25, 0.3) is 0 Å². The molecule has 0 bridgehead atoms. The number of para-hydroxylation sites is 1. The van der Waals surface area contributed by atoms with Crippen molar-refractivity contribution in [3.05, 3.63) is 29.8 Å². The molecule has 0 unspecified atom stereocenters. The molecule has 0 aliphatic carbocycles. The van der Waals surface area contributed by atoms with Gasteiger partial charge in [0, 0.05) is 25.3 Å². The quantitative estimate of drug-likeness (QED) is 0.858. The highest BCUT2D eigenvalue weighted by molar-refractivity contribution is 5.91. The maximum Gasteiger partial charge on any atom is 0.321 e. The van der Waals surface area contributed by atoms with Gasteiger partial charge in [0.05, 0.1) is 6.42 Å². The number of carbonyl (C=O) groups is 2. The zero-order valence-electron chi connectivity index (χ0n) is 14.7. The van der Waals surface area contributed by atoms with Crippen LogP contribution in [0.4, 0.5) is 10.5 Å². The van der Waals surface area contributed by atoms with E-state index in [4.69, 9.17) is 5.73 Å². The van der Waals surface area contributed by atoms with Crippen LogP contribution in [0.15, 0.2) is 24.3 Å². The molecule has 25 heavy (non-hydrogen) atoms. The standard InChI is InChI=1S/C19H28N4O2/c20-18(24)12-16-6-2-3-7-17(16)21-19(25)23-11-8-15(14-23)13-22-9-4-1-5-10-22/h2-3,6-7,15H,1,4-5,8-14H2,(H2,20,24)(H,21,25)/t15-/m0/s1. The monoisotopic (exact) mass is 344 g/mol. The highest BCUT2D eigenvalue weighted by atomic mass is 16.2. The van der Waals surface area contributed by atoms with Gasteiger partial charge in [0.1, 0.15) is 0 Å². The van der Waals surface area contributed by atoms with Crippen LogP contribution in [0.25, 0.3) is 0 Å². The van der Waals surface area contributed by atoms with Crippen molar-refractivity contribution in [3.63, 3.8) is 0 Å². The lowest BCUT2D eigenvalue weighted by Gasteiger charge is -2.29. The summed E-state index contributed by atoms with van der Waals surface area (Å²) in [6.45, 7) is 5.09. The van der Waals surface area contributed by atoms with E-state index in [0.29, 0.717) is 11.6 Å².